The minimum Gasteiger partial charge on any atom is -0.476 e. The molecule has 3 aromatic carbocycles. The summed E-state index contributed by atoms with van der Waals surface area (Å²) in [6, 6.07) is 22.5. The molecule has 4 bridgehead atoms. The largest absolute Gasteiger partial charge is 0.476 e. The van der Waals surface area contributed by atoms with Gasteiger partial charge in [0.1, 0.15) is 12.4 Å². The minimum absolute atomic E-state index is 0.0486. The highest BCUT2D eigenvalue weighted by Crippen LogP contribution is 2.42. The van der Waals surface area contributed by atoms with Crippen LogP contribution in [0.5, 0.6) is 11.6 Å². The Morgan fingerprint density at radius 2 is 1.74 bits per heavy atom. The first kappa shape index (κ1) is 30.1. The lowest BCUT2D eigenvalue weighted by atomic mass is 9.87. The van der Waals surface area contributed by atoms with Gasteiger partial charge in [-0.3, -0.25) is 9.88 Å². The zero-order chi connectivity index (χ0) is 32.2. The Morgan fingerprint density at radius 3 is 2.52 bits per heavy atom. The van der Waals surface area contributed by atoms with Crippen molar-refractivity contribution in [3.8, 4) is 22.9 Å². The van der Waals surface area contributed by atoms with Gasteiger partial charge in [-0.15, -0.1) is 0 Å². The van der Waals surface area contributed by atoms with Crippen LogP contribution in [-0.4, -0.2) is 40.9 Å². The van der Waals surface area contributed by atoms with Crippen LogP contribution in [0, 0.1) is 19.3 Å². The van der Waals surface area contributed by atoms with Gasteiger partial charge >= 0.3 is 0 Å². The second kappa shape index (κ2) is 11.4. The number of hydrogen-bond donors (Lipinski definition) is 1. The predicted octanol–water partition coefficient (Wildman–Crippen LogP) is 7.20. The SMILES string of the molecule is Cc1cccc(C)c1-c1cc2nc(n1)NS(=O)(=O)c1cccc(c1)C1Oc3ccc4ncccc4c3CN1[C@H](CC(C)(C)C)CO2. The molecule has 0 radical (unpaired) electrons. The Bertz CT molecular complexity index is 2060. The molecule has 236 valence electrons. The summed E-state index contributed by atoms with van der Waals surface area (Å²) in [5.74, 6) is 0.996. The van der Waals surface area contributed by atoms with Gasteiger partial charge in [-0.25, -0.2) is 18.1 Å². The molecular formula is C36H37N5O4S. The van der Waals surface area contributed by atoms with Crippen LogP contribution in [0.1, 0.15) is 55.7 Å². The van der Waals surface area contributed by atoms with Crippen molar-refractivity contribution >= 4 is 26.9 Å². The molecule has 0 saturated heterocycles. The molecule has 5 aromatic rings. The molecule has 7 rings (SSSR count). The fraction of sp³-hybridized carbons (Fsp3) is 0.306. The van der Waals surface area contributed by atoms with E-state index in [9.17, 15) is 8.42 Å². The molecule has 0 fully saturated rings. The Kier molecular flexibility index (Phi) is 7.44. The van der Waals surface area contributed by atoms with Crippen LogP contribution in [0.2, 0.25) is 0 Å². The lowest BCUT2D eigenvalue weighted by Crippen LogP contribution is -2.47. The summed E-state index contributed by atoms with van der Waals surface area (Å²) < 4.78 is 43.6. The van der Waals surface area contributed by atoms with E-state index < -0.39 is 16.3 Å². The fourth-order valence-corrected chi connectivity index (χ4v) is 7.56. The van der Waals surface area contributed by atoms with Gasteiger partial charge in [0.05, 0.1) is 16.1 Å². The number of ether oxygens (including phenoxy) is 2. The third-order valence-corrected chi connectivity index (χ3v) is 9.92. The first-order valence-electron chi connectivity index (χ1n) is 15.5. The molecule has 4 heterocycles. The van der Waals surface area contributed by atoms with Crippen molar-refractivity contribution in [1.29, 1.82) is 0 Å². The van der Waals surface area contributed by atoms with Crippen molar-refractivity contribution in [1.82, 2.24) is 19.9 Å². The average Bonchev–Trinajstić information content (AvgIpc) is 3.01. The Balaban J connectivity index is 1.41. The lowest BCUT2D eigenvalue weighted by molar-refractivity contribution is -0.0541. The molecule has 0 aliphatic carbocycles. The van der Waals surface area contributed by atoms with Gasteiger partial charge in [0.25, 0.3) is 10.0 Å². The van der Waals surface area contributed by atoms with E-state index in [2.05, 4.69) is 51.4 Å². The Hall–Kier alpha value is -4.54. The van der Waals surface area contributed by atoms with Crippen molar-refractivity contribution in [2.45, 2.75) is 64.7 Å². The standard InChI is InChI=1S/C36H37N5O4S/c1-22-9-6-10-23(2)33(22)30-18-32-39-35(38-30)40-46(42,43)26-12-7-11-24(17-26)34-41(25(21-44-32)19-36(3,4)5)20-28-27-13-8-16-37-29(27)14-15-31(28)45-34/h6-18,25,34H,19-21H2,1-5H3,(H,38,39,40)/t25-,34?/m1/s1. The van der Waals surface area contributed by atoms with Crippen LogP contribution >= 0.6 is 0 Å². The van der Waals surface area contributed by atoms with E-state index in [1.54, 1.807) is 30.5 Å². The van der Waals surface area contributed by atoms with Crippen LogP contribution in [0.15, 0.2) is 83.9 Å². The number of aromatic nitrogens is 3. The van der Waals surface area contributed by atoms with Crippen LogP contribution in [0.3, 0.4) is 0 Å². The van der Waals surface area contributed by atoms with E-state index in [0.29, 0.717) is 24.7 Å². The van der Waals surface area contributed by atoms with E-state index in [0.717, 1.165) is 50.9 Å². The maximum atomic E-state index is 13.8. The van der Waals surface area contributed by atoms with Gasteiger partial charge in [0.15, 0.2) is 6.23 Å². The van der Waals surface area contributed by atoms with Crippen molar-refractivity contribution in [3.63, 3.8) is 0 Å². The second-order valence-electron chi connectivity index (χ2n) is 13.3. The van der Waals surface area contributed by atoms with Crippen LogP contribution in [-0.2, 0) is 16.6 Å². The van der Waals surface area contributed by atoms with Crippen LogP contribution in [0.4, 0.5) is 5.95 Å². The maximum absolute atomic E-state index is 13.8. The number of benzene rings is 3. The highest BCUT2D eigenvalue weighted by atomic mass is 32.2. The van der Waals surface area contributed by atoms with Crippen LogP contribution < -0.4 is 14.2 Å². The number of sulfonamides is 1. The van der Waals surface area contributed by atoms with E-state index in [1.807, 2.05) is 56.3 Å². The normalized spacial score (nSPS) is 19.2. The fourth-order valence-electron chi connectivity index (χ4n) is 6.57. The zero-order valence-corrected chi connectivity index (χ0v) is 27.4. The highest BCUT2D eigenvalue weighted by molar-refractivity contribution is 7.92. The number of fused-ring (bicyclic) bond motifs is 9. The molecule has 10 heteroatoms. The summed E-state index contributed by atoms with van der Waals surface area (Å²) in [6.07, 6.45) is 2.01. The maximum Gasteiger partial charge on any atom is 0.264 e. The van der Waals surface area contributed by atoms with Crippen molar-refractivity contribution in [2.75, 3.05) is 11.3 Å². The molecule has 0 saturated carbocycles. The van der Waals surface area contributed by atoms with E-state index >= 15 is 0 Å². The number of anilines is 1. The zero-order valence-electron chi connectivity index (χ0n) is 26.6. The topological polar surface area (TPSA) is 107 Å². The molecule has 2 aromatic heterocycles. The molecular weight excluding hydrogens is 598 g/mol. The third-order valence-electron chi connectivity index (χ3n) is 8.59. The molecule has 0 amide bonds. The van der Waals surface area contributed by atoms with Gasteiger partial charge in [-0.1, -0.05) is 57.2 Å². The number of aryl methyl sites for hydroxylation is 2. The summed E-state index contributed by atoms with van der Waals surface area (Å²) in [6.45, 7) is 11.5. The monoisotopic (exact) mass is 635 g/mol. The lowest BCUT2D eigenvalue weighted by Gasteiger charge is -2.43. The molecule has 46 heavy (non-hydrogen) atoms. The molecule has 1 N–H and O–H groups in total. The van der Waals surface area contributed by atoms with Gasteiger partial charge in [0.2, 0.25) is 11.8 Å². The van der Waals surface area contributed by atoms with Crippen molar-refractivity contribution in [3.05, 3.63) is 101 Å². The van der Waals surface area contributed by atoms with E-state index in [1.165, 1.54) is 0 Å². The number of pyridine rings is 1. The third kappa shape index (κ3) is 5.78. The van der Waals surface area contributed by atoms with Gasteiger partial charge < -0.3 is 9.47 Å². The summed E-state index contributed by atoms with van der Waals surface area (Å²) in [5, 5.41) is 1.02. The molecule has 2 aliphatic heterocycles. The number of nitrogens with one attached hydrogen (secondary N) is 1. The highest BCUT2D eigenvalue weighted by Gasteiger charge is 2.38. The van der Waals surface area contributed by atoms with E-state index in [-0.39, 0.29) is 22.3 Å². The van der Waals surface area contributed by atoms with Gasteiger partial charge in [-0.2, -0.15) is 4.98 Å². The first-order chi connectivity index (χ1) is 21.9. The first-order valence-corrected chi connectivity index (χ1v) is 16.9. The van der Waals surface area contributed by atoms with Crippen molar-refractivity contribution in [2.24, 2.45) is 5.41 Å². The molecule has 0 spiro atoms. The Labute approximate surface area is 269 Å². The molecule has 2 atom stereocenters. The number of nitrogens with zero attached hydrogens (tertiary/aromatic N) is 4. The van der Waals surface area contributed by atoms with Gasteiger partial charge in [0, 0.05) is 46.9 Å². The molecule has 9 nitrogen and oxygen atoms in total. The average molecular weight is 636 g/mol. The summed E-state index contributed by atoms with van der Waals surface area (Å²) in [7, 11) is -4.06. The second-order valence-corrected chi connectivity index (χ2v) is 15.0. The number of rotatable bonds is 2. The van der Waals surface area contributed by atoms with Crippen molar-refractivity contribution < 1.29 is 17.9 Å². The number of hydrogen-bond acceptors (Lipinski definition) is 8. The predicted molar refractivity (Wildman–Crippen MR) is 178 cm³/mol. The quantitative estimate of drug-likeness (QED) is 0.217. The summed E-state index contributed by atoms with van der Waals surface area (Å²) >= 11 is 0. The Morgan fingerprint density at radius 1 is 0.957 bits per heavy atom. The minimum atomic E-state index is -4.06. The summed E-state index contributed by atoms with van der Waals surface area (Å²) in [5.41, 5.74) is 6.13. The smallest absolute Gasteiger partial charge is 0.264 e. The van der Waals surface area contributed by atoms with E-state index in [4.69, 9.17) is 9.47 Å². The molecule has 1 unspecified atom stereocenters. The molecule has 2 aliphatic rings. The van der Waals surface area contributed by atoms with Gasteiger partial charge in [-0.05, 0) is 67.1 Å². The summed E-state index contributed by atoms with van der Waals surface area (Å²) in [4.78, 5) is 16.2. The van der Waals surface area contributed by atoms with Crippen LogP contribution in [0.25, 0.3) is 22.2 Å².